The molecule has 0 spiro atoms. The Kier molecular flexibility index (Phi) is 6.04. The van der Waals surface area contributed by atoms with Gasteiger partial charge in [-0.15, -0.1) is 0 Å². The summed E-state index contributed by atoms with van der Waals surface area (Å²) in [6.07, 6.45) is 3.59. The average Bonchev–Trinajstić information content (AvgIpc) is 3.74. The zero-order chi connectivity index (χ0) is 31.6. The molecule has 3 N–H and O–H groups in total. The van der Waals surface area contributed by atoms with E-state index < -0.39 is 0 Å². The molecular weight excluding hydrogens is 592 g/mol. The summed E-state index contributed by atoms with van der Waals surface area (Å²) in [6.45, 7) is 0.628. The molecule has 0 radical (unpaired) electrons. The molecule has 0 saturated heterocycles. The molecule has 230 valence electrons. The van der Waals surface area contributed by atoms with Crippen molar-refractivity contribution in [2.75, 3.05) is 0 Å². The third kappa shape index (κ3) is 4.27. The molecule has 6 nitrogen and oxygen atoms in total. The molecule has 2 atom stereocenters. The van der Waals surface area contributed by atoms with Crippen LogP contribution in [0.2, 0.25) is 0 Å². The minimum atomic E-state index is -0.281. The van der Waals surface area contributed by atoms with Gasteiger partial charge in [-0.05, 0) is 64.5 Å². The Bertz CT molecular complexity index is 2590. The van der Waals surface area contributed by atoms with Gasteiger partial charge < -0.3 is 19.5 Å². The maximum absolute atomic E-state index is 6.71. The molecule has 2 aliphatic heterocycles. The molecule has 4 heterocycles. The fraction of sp³-hybridized carbons (Fsp3) is 0.0714. The minimum absolute atomic E-state index is 0.248. The highest BCUT2D eigenvalue weighted by Gasteiger charge is 2.30. The van der Waals surface area contributed by atoms with Crippen LogP contribution in [0.4, 0.5) is 0 Å². The fourth-order valence-corrected chi connectivity index (χ4v) is 7.36. The van der Waals surface area contributed by atoms with Gasteiger partial charge >= 0.3 is 0 Å². The summed E-state index contributed by atoms with van der Waals surface area (Å²) in [6, 6.07) is 44.4. The fourth-order valence-electron chi connectivity index (χ4n) is 7.36. The first kappa shape index (κ1) is 27.0. The van der Waals surface area contributed by atoms with Crippen molar-refractivity contribution in [3.63, 3.8) is 0 Å². The highest BCUT2D eigenvalue weighted by molar-refractivity contribution is 6.15. The Labute approximate surface area is 276 Å². The summed E-state index contributed by atoms with van der Waals surface area (Å²) in [5, 5.41) is 16.6. The Hall–Kier alpha value is -6.11. The Balaban J connectivity index is 1.17. The molecule has 48 heavy (non-hydrogen) atoms. The second kappa shape index (κ2) is 10.7. The first-order valence-corrected chi connectivity index (χ1v) is 16.3. The van der Waals surface area contributed by atoms with E-state index >= 15 is 0 Å². The monoisotopic (exact) mass is 622 g/mol. The maximum Gasteiger partial charge on any atom is 0.143 e. The van der Waals surface area contributed by atoms with Crippen molar-refractivity contribution in [3.8, 4) is 11.1 Å². The predicted molar refractivity (Wildman–Crippen MR) is 193 cm³/mol. The van der Waals surface area contributed by atoms with Crippen LogP contribution in [0, 0.1) is 0 Å². The third-order valence-corrected chi connectivity index (χ3v) is 9.62. The molecule has 0 bridgehead atoms. The number of amidine groups is 1. The highest BCUT2D eigenvalue weighted by atomic mass is 16.3. The van der Waals surface area contributed by atoms with Crippen LogP contribution >= 0.6 is 0 Å². The van der Waals surface area contributed by atoms with Crippen LogP contribution in [-0.2, 0) is 6.54 Å². The lowest BCUT2D eigenvalue weighted by molar-refractivity contribution is 0.411. The van der Waals surface area contributed by atoms with E-state index in [9.17, 15) is 0 Å². The SMILES string of the molecule is C1=Cc2c(oc3c(-c4ccc5ccccc5c4)ccc(C4=NC(c5ccccc5)NC(c5cccc6oc7ccccc7c56)N4)c23)CN1. The van der Waals surface area contributed by atoms with Crippen molar-refractivity contribution in [2.24, 2.45) is 4.99 Å². The first-order chi connectivity index (χ1) is 23.8. The second-order valence-electron chi connectivity index (χ2n) is 12.4. The molecule has 0 saturated carbocycles. The zero-order valence-corrected chi connectivity index (χ0v) is 25.9. The van der Waals surface area contributed by atoms with E-state index in [-0.39, 0.29) is 12.3 Å². The topological polar surface area (TPSA) is 74.7 Å². The Morgan fingerprint density at radius 3 is 2.42 bits per heavy atom. The summed E-state index contributed by atoms with van der Waals surface area (Å²) in [5.74, 6) is 1.73. The van der Waals surface area contributed by atoms with Crippen LogP contribution < -0.4 is 16.0 Å². The predicted octanol–water partition coefficient (Wildman–Crippen LogP) is 9.56. The number of nitrogens with one attached hydrogen (secondary N) is 3. The number of para-hydroxylation sites is 1. The zero-order valence-electron chi connectivity index (χ0n) is 25.9. The summed E-state index contributed by atoms with van der Waals surface area (Å²) in [5.41, 5.74) is 9.06. The van der Waals surface area contributed by atoms with E-state index in [0.717, 1.165) is 77.9 Å². The van der Waals surface area contributed by atoms with Gasteiger partial charge in [-0.3, -0.25) is 5.32 Å². The highest BCUT2D eigenvalue weighted by Crippen LogP contribution is 2.41. The molecule has 6 aromatic carbocycles. The van der Waals surface area contributed by atoms with E-state index in [2.05, 4.69) is 125 Å². The third-order valence-electron chi connectivity index (χ3n) is 9.62. The van der Waals surface area contributed by atoms with Gasteiger partial charge in [-0.1, -0.05) is 97.1 Å². The molecule has 10 rings (SSSR count). The average molecular weight is 623 g/mol. The van der Waals surface area contributed by atoms with Gasteiger partial charge in [0.15, 0.2) is 0 Å². The molecule has 2 aliphatic rings. The summed E-state index contributed by atoms with van der Waals surface area (Å²) in [7, 11) is 0. The van der Waals surface area contributed by atoms with Crippen molar-refractivity contribution in [1.29, 1.82) is 0 Å². The van der Waals surface area contributed by atoms with Gasteiger partial charge in [-0.25, -0.2) is 4.99 Å². The second-order valence-corrected chi connectivity index (χ2v) is 12.4. The molecule has 0 aliphatic carbocycles. The molecule has 0 fully saturated rings. The number of hydrogen-bond donors (Lipinski definition) is 3. The Morgan fingerprint density at radius 1 is 0.667 bits per heavy atom. The number of fused-ring (bicyclic) bond motifs is 7. The van der Waals surface area contributed by atoms with Gasteiger partial charge in [0.1, 0.15) is 40.7 Å². The van der Waals surface area contributed by atoms with E-state index in [4.69, 9.17) is 13.8 Å². The Morgan fingerprint density at radius 2 is 1.48 bits per heavy atom. The first-order valence-electron chi connectivity index (χ1n) is 16.3. The molecule has 2 aromatic heterocycles. The van der Waals surface area contributed by atoms with Crippen LogP contribution in [0.25, 0.3) is 60.9 Å². The largest absolute Gasteiger partial charge is 0.458 e. The lowest BCUT2D eigenvalue weighted by Gasteiger charge is -2.32. The van der Waals surface area contributed by atoms with E-state index in [1.165, 1.54) is 10.8 Å². The summed E-state index contributed by atoms with van der Waals surface area (Å²) in [4.78, 5) is 5.34. The lowest BCUT2D eigenvalue weighted by Crippen LogP contribution is -2.45. The summed E-state index contributed by atoms with van der Waals surface area (Å²) >= 11 is 0. The number of nitrogens with zero attached hydrogens (tertiary/aromatic N) is 1. The number of benzene rings is 6. The van der Waals surface area contributed by atoms with Crippen molar-refractivity contribution in [1.82, 2.24) is 16.0 Å². The molecular formula is C42H30N4O2. The van der Waals surface area contributed by atoms with Crippen LogP contribution in [0.15, 0.2) is 147 Å². The maximum atomic E-state index is 6.71. The van der Waals surface area contributed by atoms with Crippen LogP contribution in [0.3, 0.4) is 0 Å². The van der Waals surface area contributed by atoms with Crippen LogP contribution in [0.1, 0.15) is 40.3 Å². The van der Waals surface area contributed by atoms with Gasteiger partial charge in [0.25, 0.3) is 0 Å². The van der Waals surface area contributed by atoms with Gasteiger partial charge in [0.2, 0.25) is 0 Å². The molecule has 0 amide bonds. The van der Waals surface area contributed by atoms with Crippen molar-refractivity contribution in [2.45, 2.75) is 18.9 Å². The van der Waals surface area contributed by atoms with E-state index in [1.54, 1.807) is 0 Å². The number of aliphatic imine (C=N–C) groups is 1. The minimum Gasteiger partial charge on any atom is -0.458 e. The van der Waals surface area contributed by atoms with Gasteiger partial charge in [0, 0.05) is 38.4 Å². The van der Waals surface area contributed by atoms with Crippen molar-refractivity contribution in [3.05, 3.63) is 162 Å². The smallest absolute Gasteiger partial charge is 0.143 e. The number of furan rings is 2. The van der Waals surface area contributed by atoms with Gasteiger partial charge in [0.05, 0.1) is 6.54 Å². The number of hydrogen-bond acceptors (Lipinski definition) is 6. The lowest BCUT2D eigenvalue weighted by atomic mass is 9.94. The van der Waals surface area contributed by atoms with Crippen LogP contribution in [0.5, 0.6) is 0 Å². The van der Waals surface area contributed by atoms with Gasteiger partial charge in [-0.2, -0.15) is 0 Å². The molecule has 2 unspecified atom stereocenters. The number of rotatable bonds is 4. The van der Waals surface area contributed by atoms with E-state index in [1.807, 2.05) is 30.5 Å². The van der Waals surface area contributed by atoms with Crippen molar-refractivity contribution < 1.29 is 8.83 Å². The molecule has 8 aromatic rings. The van der Waals surface area contributed by atoms with Crippen LogP contribution in [-0.4, -0.2) is 5.84 Å². The van der Waals surface area contributed by atoms with E-state index in [0.29, 0.717) is 6.54 Å². The molecule has 6 heteroatoms. The standard InChI is InChI=1S/C42H30N4O2/c1-2-10-26(11-3-1)40-44-41(32-14-8-16-35-37(32)30-13-6-7-15-34(30)47-35)46-42(45-40)33-20-19-29(28-18-17-25-9-4-5-12-27(25)23-28)39-38(33)31-21-22-43-24-36(31)48-39/h1-23,40-41,43-44H,24H2,(H,45,46). The summed E-state index contributed by atoms with van der Waals surface area (Å²) < 4.78 is 13.0. The normalized spacial score (nSPS) is 17.4. The van der Waals surface area contributed by atoms with Crippen molar-refractivity contribution >= 4 is 55.6 Å². The quantitative estimate of drug-likeness (QED) is 0.182.